The molecule has 0 unspecified atom stereocenters. The summed E-state index contributed by atoms with van der Waals surface area (Å²) >= 11 is 0. The van der Waals surface area contributed by atoms with Crippen molar-refractivity contribution in [3.8, 4) is 17.1 Å². The van der Waals surface area contributed by atoms with E-state index in [1.54, 1.807) is 31.3 Å². The third-order valence-electron chi connectivity index (χ3n) is 3.50. The predicted octanol–water partition coefficient (Wildman–Crippen LogP) is 2.82. The van der Waals surface area contributed by atoms with Crippen molar-refractivity contribution in [1.82, 2.24) is 15.0 Å². The van der Waals surface area contributed by atoms with Gasteiger partial charge in [-0.1, -0.05) is 6.92 Å². The van der Waals surface area contributed by atoms with Gasteiger partial charge in [-0.2, -0.15) is 0 Å². The maximum absolute atomic E-state index is 12.1. The first kappa shape index (κ1) is 15.5. The van der Waals surface area contributed by atoms with Crippen LogP contribution < -0.4 is 4.74 Å². The zero-order valence-electron chi connectivity index (χ0n) is 12.9. The normalized spacial score (nSPS) is 11.7. The lowest BCUT2D eigenvalue weighted by molar-refractivity contribution is 0.340. The Morgan fingerprint density at radius 3 is 2.74 bits per heavy atom. The molecule has 3 rings (SSSR count). The number of aromatic amines is 1. The van der Waals surface area contributed by atoms with E-state index in [1.165, 1.54) is 0 Å². The molecule has 0 aliphatic rings. The number of sulfone groups is 1. The number of H-pyrrole nitrogens is 1. The van der Waals surface area contributed by atoms with Crippen molar-refractivity contribution in [2.75, 3.05) is 12.4 Å². The number of hydrogen-bond donors (Lipinski definition) is 1. The highest BCUT2D eigenvalue weighted by Gasteiger charge is 2.17. The summed E-state index contributed by atoms with van der Waals surface area (Å²) in [5, 5.41) is 0. The van der Waals surface area contributed by atoms with Crippen LogP contribution in [0.4, 0.5) is 0 Å². The molecular weight excluding hydrogens is 314 g/mol. The van der Waals surface area contributed by atoms with E-state index in [2.05, 4.69) is 15.0 Å². The molecular formula is C16H17N3O3S. The molecule has 3 aromatic rings. The van der Waals surface area contributed by atoms with Crippen LogP contribution in [0.5, 0.6) is 5.75 Å². The Bertz CT molecular complexity index is 915. The lowest BCUT2D eigenvalue weighted by Crippen LogP contribution is -2.05. The van der Waals surface area contributed by atoms with Crippen LogP contribution in [0.25, 0.3) is 22.6 Å². The third-order valence-corrected chi connectivity index (χ3v) is 5.24. The summed E-state index contributed by atoms with van der Waals surface area (Å²) in [7, 11) is -3.29. The van der Waals surface area contributed by atoms with E-state index in [9.17, 15) is 8.42 Å². The standard InChI is InChI=1S/C16H17N3O3S/c1-3-22-14-10-11(23(20,21)4-2)7-8-12(14)15-18-13-6-5-9-17-16(13)19-15/h5-10H,3-4H2,1-2H3,(H,17,18,19). The van der Waals surface area contributed by atoms with Crippen LogP contribution in [-0.4, -0.2) is 35.7 Å². The second kappa shape index (κ2) is 6.00. The van der Waals surface area contributed by atoms with E-state index in [-0.39, 0.29) is 10.6 Å². The van der Waals surface area contributed by atoms with Crippen molar-refractivity contribution in [2.24, 2.45) is 0 Å². The Hall–Kier alpha value is -2.41. The van der Waals surface area contributed by atoms with Crippen LogP contribution >= 0.6 is 0 Å². The molecule has 0 radical (unpaired) electrons. The smallest absolute Gasteiger partial charge is 0.178 e. The first-order valence-electron chi connectivity index (χ1n) is 7.36. The number of nitrogens with one attached hydrogen (secondary N) is 1. The SMILES string of the molecule is CCOc1cc(S(=O)(=O)CC)ccc1-c1nc2ncccc2[nH]1. The molecule has 0 aliphatic heterocycles. The highest BCUT2D eigenvalue weighted by molar-refractivity contribution is 7.91. The summed E-state index contributed by atoms with van der Waals surface area (Å²) in [6.45, 7) is 3.90. The van der Waals surface area contributed by atoms with E-state index in [1.807, 2.05) is 19.1 Å². The zero-order valence-corrected chi connectivity index (χ0v) is 13.7. The average Bonchev–Trinajstić information content (AvgIpc) is 2.99. The molecule has 0 bridgehead atoms. The van der Waals surface area contributed by atoms with E-state index < -0.39 is 9.84 Å². The van der Waals surface area contributed by atoms with Gasteiger partial charge >= 0.3 is 0 Å². The largest absolute Gasteiger partial charge is 0.493 e. The molecule has 23 heavy (non-hydrogen) atoms. The minimum atomic E-state index is -3.29. The Morgan fingerprint density at radius 2 is 2.04 bits per heavy atom. The molecule has 7 heteroatoms. The monoisotopic (exact) mass is 331 g/mol. The highest BCUT2D eigenvalue weighted by Crippen LogP contribution is 2.32. The lowest BCUT2D eigenvalue weighted by Gasteiger charge is -2.10. The van der Waals surface area contributed by atoms with Crippen molar-refractivity contribution < 1.29 is 13.2 Å². The maximum atomic E-state index is 12.1. The molecule has 0 aliphatic carbocycles. The van der Waals surface area contributed by atoms with E-state index in [0.29, 0.717) is 29.4 Å². The lowest BCUT2D eigenvalue weighted by atomic mass is 10.2. The van der Waals surface area contributed by atoms with Crippen molar-refractivity contribution in [2.45, 2.75) is 18.7 Å². The number of pyridine rings is 1. The Labute approximate surface area is 134 Å². The summed E-state index contributed by atoms with van der Waals surface area (Å²) in [5.41, 5.74) is 2.13. The molecule has 0 atom stereocenters. The van der Waals surface area contributed by atoms with Crippen LogP contribution in [0.3, 0.4) is 0 Å². The molecule has 0 fully saturated rings. The molecule has 1 aromatic carbocycles. The van der Waals surface area contributed by atoms with Gasteiger partial charge in [-0.3, -0.25) is 0 Å². The van der Waals surface area contributed by atoms with Gasteiger partial charge in [0.15, 0.2) is 15.5 Å². The van der Waals surface area contributed by atoms with Gasteiger partial charge in [0.25, 0.3) is 0 Å². The van der Waals surface area contributed by atoms with E-state index in [0.717, 1.165) is 5.52 Å². The van der Waals surface area contributed by atoms with Crippen molar-refractivity contribution in [3.63, 3.8) is 0 Å². The number of benzene rings is 1. The topological polar surface area (TPSA) is 84.9 Å². The summed E-state index contributed by atoms with van der Waals surface area (Å²) in [5.74, 6) is 1.13. The number of hydrogen-bond acceptors (Lipinski definition) is 5. The van der Waals surface area contributed by atoms with Crippen LogP contribution in [0.2, 0.25) is 0 Å². The first-order chi connectivity index (χ1) is 11.0. The molecule has 6 nitrogen and oxygen atoms in total. The second-order valence-electron chi connectivity index (χ2n) is 4.95. The van der Waals surface area contributed by atoms with E-state index >= 15 is 0 Å². The van der Waals surface area contributed by atoms with Crippen LogP contribution in [0, 0.1) is 0 Å². The first-order valence-corrected chi connectivity index (χ1v) is 9.01. The van der Waals surface area contributed by atoms with Gasteiger partial charge in [0.1, 0.15) is 11.6 Å². The van der Waals surface area contributed by atoms with Gasteiger partial charge in [0.2, 0.25) is 0 Å². The number of rotatable bonds is 5. The fourth-order valence-electron chi connectivity index (χ4n) is 2.31. The van der Waals surface area contributed by atoms with Gasteiger partial charge in [-0.05, 0) is 37.3 Å². The number of fused-ring (bicyclic) bond motifs is 1. The van der Waals surface area contributed by atoms with Gasteiger partial charge in [-0.25, -0.2) is 18.4 Å². The minimum absolute atomic E-state index is 0.0481. The summed E-state index contributed by atoms with van der Waals surface area (Å²) < 4.78 is 29.7. The van der Waals surface area contributed by atoms with Gasteiger partial charge in [-0.15, -0.1) is 0 Å². The minimum Gasteiger partial charge on any atom is -0.493 e. The second-order valence-corrected chi connectivity index (χ2v) is 7.23. The number of aromatic nitrogens is 3. The molecule has 120 valence electrons. The summed E-state index contributed by atoms with van der Waals surface area (Å²) in [6, 6.07) is 8.56. The summed E-state index contributed by atoms with van der Waals surface area (Å²) in [4.78, 5) is 12.1. The average molecular weight is 331 g/mol. The maximum Gasteiger partial charge on any atom is 0.178 e. The van der Waals surface area contributed by atoms with Crippen molar-refractivity contribution >= 4 is 21.0 Å². The quantitative estimate of drug-likeness (QED) is 0.777. The van der Waals surface area contributed by atoms with Gasteiger partial charge in [0, 0.05) is 6.20 Å². The molecule has 0 amide bonds. The third kappa shape index (κ3) is 2.92. The molecule has 0 saturated heterocycles. The highest BCUT2D eigenvalue weighted by atomic mass is 32.2. The molecule has 2 aromatic heterocycles. The fraction of sp³-hybridized carbons (Fsp3) is 0.250. The Morgan fingerprint density at radius 1 is 1.22 bits per heavy atom. The molecule has 0 spiro atoms. The Balaban J connectivity index is 2.14. The van der Waals surface area contributed by atoms with Crippen molar-refractivity contribution in [1.29, 1.82) is 0 Å². The Kier molecular flexibility index (Phi) is 4.04. The van der Waals surface area contributed by atoms with Gasteiger partial charge in [0.05, 0.1) is 28.3 Å². The molecule has 2 heterocycles. The molecule has 1 N–H and O–H groups in total. The van der Waals surface area contributed by atoms with Crippen molar-refractivity contribution in [3.05, 3.63) is 36.5 Å². The fourth-order valence-corrected chi connectivity index (χ4v) is 3.20. The number of imidazole rings is 1. The van der Waals surface area contributed by atoms with E-state index in [4.69, 9.17) is 4.74 Å². The van der Waals surface area contributed by atoms with Crippen LogP contribution in [0.15, 0.2) is 41.4 Å². The van der Waals surface area contributed by atoms with Gasteiger partial charge < -0.3 is 9.72 Å². The zero-order chi connectivity index (χ0) is 16.4. The number of nitrogens with zero attached hydrogens (tertiary/aromatic N) is 2. The predicted molar refractivity (Wildman–Crippen MR) is 88.2 cm³/mol. The number of ether oxygens (including phenoxy) is 1. The van der Waals surface area contributed by atoms with Crippen LogP contribution in [-0.2, 0) is 9.84 Å². The molecule has 0 saturated carbocycles. The van der Waals surface area contributed by atoms with Crippen LogP contribution in [0.1, 0.15) is 13.8 Å². The summed E-state index contributed by atoms with van der Waals surface area (Å²) in [6.07, 6.45) is 1.67.